The van der Waals surface area contributed by atoms with Crippen LogP contribution in [0, 0.1) is 10.1 Å². The van der Waals surface area contributed by atoms with Crippen molar-refractivity contribution in [3.63, 3.8) is 0 Å². The summed E-state index contributed by atoms with van der Waals surface area (Å²) in [5, 5.41) is 22.0. The number of amides is 1. The van der Waals surface area contributed by atoms with Gasteiger partial charge >= 0.3 is 0 Å². The third-order valence-corrected chi connectivity index (χ3v) is 1.86. The number of aromatic hydroxyl groups is 1. The van der Waals surface area contributed by atoms with E-state index in [-0.39, 0.29) is 23.6 Å². The second-order valence-corrected chi connectivity index (χ2v) is 3.39. The number of carbonyl (C=O) groups excluding carboxylic acids is 2. The van der Waals surface area contributed by atoms with Gasteiger partial charge in [-0.05, 0) is 19.1 Å². The molecule has 0 aliphatic heterocycles. The van der Waals surface area contributed by atoms with Crippen LogP contribution in [0.25, 0.3) is 0 Å². The lowest BCUT2D eigenvalue weighted by Gasteiger charge is -2.05. The number of ketones is 1. The van der Waals surface area contributed by atoms with Crippen LogP contribution in [0.2, 0.25) is 0 Å². The number of hydrogen-bond acceptors (Lipinski definition) is 5. The van der Waals surface area contributed by atoms with Gasteiger partial charge in [0.2, 0.25) is 5.91 Å². The summed E-state index contributed by atoms with van der Waals surface area (Å²) in [6.07, 6.45) is -0.349. The Labute approximate surface area is 96.2 Å². The highest BCUT2D eigenvalue weighted by molar-refractivity contribution is 6.04. The maximum absolute atomic E-state index is 11.3. The number of rotatable bonds is 4. The van der Waals surface area contributed by atoms with Gasteiger partial charge in [0.25, 0.3) is 5.69 Å². The third-order valence-electron chi connectivity index (χ3n) is 1.86. The first-order chi connectivity index (χ1) is 7.90. The normalized spacial score (nSPS) is 9.71. The Kier molecular flexibility index (Phi) is 3.76. The van der Waals surface area contributed by atoms with Crippen molar-refractivity contribution in [2.45, 2.75) is 13.3 Å². The Morgan fingerprint density at radius 3 is 2.65 bits per heavy atom. The minimum absolute atomic E-state index is 0.0564. The summed E-state index contributed by atoms with van der Waals surface area (Å²) in [6, 6.07) is 3.32. The zero-order valence-corrected chi connectivity index (χ0v) is 8.97. The summed E-state index contributed by atoms with van der Waals surface area (Å²) >= 11 is 0. The van der Waals surface area contributed by atoms with Gasteiger partial charge in [0, 0.05) is 0 Å². The Hall–Kier alpha value is -2.44. The van der Waals surface area contributed by atoms with Crippen LogP contribution in [0.4, 0.5) is 11.4 Å². The molecule has 2 N–H and O–H groups in total. The smallest absolute Gasteiger partial charge is 0.296 e. The maximum Gasteiger partial charge on any atom is 0.296 e. The van der Waals surface area contributed by atoms with Crippen molar-refractivity contribution in [3.8, 4) is 5.75 Å². The van der Waals surface area contributed by atoms with Crippen molar-refractivity contribution in [2.75, 3.05) is 5.32 Å². The molecule has 1 amide bonds. The predicted molar refractivity (Wildman–Crippen MR) is 58.7 cm³/mol. The van der Waals surface area contributed by atoms with Crippen LogP contribution in [0.3, 0.4) is 0 Å². The fourth-order valence-electron chi connectivity index (χ4n) is 1.20. The topological polar surface area (TPSA) is 110 Å². The van der Waals surface area contributed by atoms with Gasteiger partial charge in [-0.15, -0.1) is 0 Å². The molecule has 0 spiro atoms. The summed E-state index contributed by atoms with van der Waals surface area (Å²) in [5.74, 6) is -1.25. The summed E-state index contributed by atoms with van der Waals surface area (Å²) in [4.78, 5) is 31.9. The Balaban J connectivity index is 2.94. The molecule has 0 bridgehead atoms. The molecule has 0 aliphatic carbocycles. The van der Waals surface area contributed by atoms with Crippen molar-refractivity contribution in [1.29, 1.82) is 0 Å². The highest BCUT2D eigenvalue weighted by Crippen LogP contribution is 2.28. The van der Waals surface area contributed by atoms with Crippen LogP contribution in [-0.2, 0) is 9.59 Å². The number of anilines is 1. The van der Waals surface area contributed by atoms with Crippen molar-refractivity contribution in [1.82, 2.24) is 0 Å². The molecule has 0 saturated carbocycles. The van der Waals surface area contributed by atoms with E-state index in [1.807, 2.05) is 0 Å². The van der Waals surface area contributed by atoms with E-state index in [4.69, 9.17) is 5.11 Å². The Bertz CT molecular complexity index is 484. The highest BCUT2D eigenvalue weighted by Gasteiger charge is 2.17. The largest absolute Gasteiger partial charge is 0.508 e. The number of nitro benzene ring substituents is 1. The molecule has 0 aliphatic rings. The van der Waals surface area contributed by atoms with Crippen molar-refractivity contribution >= 4 is 23.1 Å². The van der Waals surface area contributed by atoms with Crippen LogP contribution in [0.5, 0.6) is 5.75 Å². The quantitative estimate of drug-likeness (QED) is 0.354. The average molecular weight is 238 g/mol. The first-order valence-corrected chi connectivity index (χ1v) is 4.67. The number of hydrogen-bond donors (Lipinski definition) is 2. The first kappa shape index (κ1) is 12.6. The third kappa shape index (κ3) is 3.56. The van der Waals surface area contributed by atoms with Gasteiger partial charge in [-0.3, -0.25) is 19.7 Å². The monoisotopic (exact) mass is 238 g/mol. The molecular weight excluding hydrogens is 228 g/mol. The van der Waals surface area contributed by atoms with E-state index < -0.39 is 16.5 Å². The zero-order chi connectivity index (χ0) is 13.0. The molecule has 0 aromatic heterocycles. The molecule has 1 aromatic rings. The van der Waals surface area contributed by atoms with Gasteiger partial charge in [0.15, 0.2) is 0 Å². The van der Waals surface area contributed by atoms with Crippen molar-refractivity contribution < 1.29 is 19.6 Å². The molecule has 17 heavy (non-hydrogen) atoms. The van der Waals surface area contributed by atoms with Crippen LogP contribution in [0.15, 0.2) is 18.2 Å². The molecule has 0 atom stereocenters. The van der Waals surface area contributed by atoms with Crippen LogP contribution in [-0.4, -0.2) is 21.7 Å². The molecule has 0 heterocycles. The Morgan fingerprint density at radius 2 is 2.12 bits per heavy atom. The second kappa shape index (κ2) is 5.06. The van der Waals surface area contributed by atoms with Crippen LogP contribution in [0.1, 0.15) is 13.3 Å². The molecule has 0 saturated heterocycles. The lowest BCUT2D eigenvalue weighted by molar-refractivity contribution is -0.384. The van der Waals surface area contributed by atoms with Gasteiger partial charge in [-0.25, -0.2) is 0 Å². The summed E-state index contributed by atoms with van der Waals surface area (Å²) in [5.41, 5.74) is -0.485. The standard InChI is InChI=1S/C10H10N2O5/c1-6(13)4-10(15)11-8-3-2-7(14)5-9(8)12(16)17/h2-3,5,14H,4H2,1H3,(H,11,15). The molecule has 0 unspecified atom stereocenters. The lowest BCUT2D eigenvalue weighted by atomic mass is 10.2. The number of phenolic OH excluding ortho intramolecular Hbond substituents is 1. The lowest BCUT2D eigenvalue weighted by Crippen LogP contribution is -2.15. The van der Waals surface area contributed by atoms with Crippen molar-refractivity contribution in [3.05, 3.63) is 28.3 Å². The van der Waals surface area contributed by atoms with Gasteiger partial charge in [0.1, 0.15) is 17.2 Å². The fourth-order valence-corrected chi connectivity index (χ4v) is 1.20. The molecule has 90 valence electrons. The number of nitro groups is 1. The van der Waals surface area contributed by atoms with E-state index in [1.165, 1.54) is 19.1 Å². The van der Waals surface area contributed by atoms with E-state index in [2.05, 4.69) is 5.32 Å². The number of carbonyl (C=O) groups is 2. The van der Waals surface area contributed by atoms with E-state index in [0.29, 0.717) is 0 Å². The minimum atomic E-state index is -0.733. The molecule has 7 heteroatoms. The fraction of sp³-hybridized carbons (Fsp3) is 0.200. The molecule has 0 radical (unpaired) electrons. The number of nitrogens with zero attached hydrogens (tertiary/aromatic N) is 1. The highest BCUT2D eigenvalue weighted by atomic mass is 16.6. The number of Topliss-reactive ketones (excluding diaryl/α,β-unsaturated/α-hetero) is 1. The van der Waals surface area contributed by atoms with E-state index >= 15 is 0 Å². The molecule has 0 fully saturated rings. The first-order valence-electron chi connectivity index (χ1n) is 4.67. The van der Waals surface area contributed by atoms with Crippen molar-refractivity contribution in [2.24, 2.45) is 0 Å². The predicted octanol–water partition coefficient (Wildman–Crippen LogP) is 1.22. The second-order valence-electron chi connectivity index (χ2n) is 3.39. The van der Waals surface area contributed by atoms with E-state index in [9.17, 15) is 19.7 Å². The van der Waals surface area contributed by atoms with Gasteiger partial charge in [-0.2, -0.15) is 0 Å². The number of nitrogens with one attached hydrogen (secondary N) is 1. The number of phenols is 1. The molecular formula is C10H10N2O5. The van der Waals surface area contributed by atoms with Crippen LogP contribution >= 0.6 is 0 Å². The maximum atomic E-state index is 11.3. The minimum Gasteiger partial charge on any atom is -0.508 e. The SMILES string of the molecule is CC(=O)CC(=O)Nc1ccc(O)cc1[N+](=O)[O-]. The van der Waals surface area contributed by atoms with Crippen LogP contribution < -0.4 is 5.32 Å². The van der Waals surface area contributed by atoms with Gasteiger partial charge in [0.05, 0.1) is 17.4 Å². The summed E-state index contributed by atoms with van der Waals surface area (Å²) < 4.78 is 0. The molecule has 7 nitrogen and oxygen atoms in total. The van der Waals surface area contributed by atoms with Gasteiger partial charge in [-0.1, -0.05) is 0 Å². The zero-order valence-electron chi connectivity index (χ0n) is 8.97. The Morgan fingerprint density at radius 1 is 1.47 bits per heavy atom. The summed E-state index contributed by atoms with van der Waals surface area (Å²) in [6.45, 7) is 1.24. The number of benzene rings is 1. The van der Waals surface area contributed by atoms with E-state index in [1.54, 1.807) is 0 Å². The van der Waals surface area contributed by atoms with E-state index in [0.717, 1.165) is 6.07 Å². The molecule has 1 aromatic carbocycles. The van der Waals surface area contributed by atoms with Gasteiger partial charge < -0.3 is 10.4 Å². The summed E-state index contributed by atoms with van der Waals surface area (Å²) in [7, 11) is 0. The molecule has 1 rings (SSSR count). The average Bonchev–Trinajstić information content (AvgIpc) is 2.19.